The van der Waals surface area contributed by atoms with Gasteiger partial charge in [0.1, 0.15) is 10.6 Å². The van der Waals surface area contributed by atoms with Gasteiger partial charge in [0.2, 0.25) is 10.0 Å². The van der Waals surface area contributed by atoms with Gasteiger partial charge in [0.05, 0.1) is 18.1 Å². The number of nitro benzene ring substituents is 1. The molecule has 0 atom stereocenters. The van der Waals surface area contributed by atoms with E-state index in [1.165, 1.54) is 7.11 Å². The lowest BCUT2D eigenvalue weighted by molar-refractivity contribution is -0.385. The fourth-order valence-electron chi connectivity index (χ4n) is 1.45. The van der Waals surface area contributed by atoms with Crippen LogP contribution in [0.15, 0.2) is 23.1 Å². The van der Waals surface area contributed by atoms with Gasteiger partial charge >= 0.3 is 0 Å². The molecular weight excluding hydrogens is 286 g/mol. The third-order valence-corrected chi connectivity index (χ3v) is 4.31. The van der Waals surface area contributed by atoms with Gasteiger partial charge in [-0.1, -0.05) is 0 Å². The Balaban J connectivity index is 3.28. The number of nitrogens with zero attached hydrogens (tertiary/aromatic N) is 1. The monoisotopic (exact) mass is 303 g/mol. The summed E-state index contributed by atoms with van der Waals surface area (Å²) < 4.78 is 31.8. The average molecular weight is 303 g/mol. The molecule has 0 heterocycles. The predicted octanol–water partition coefficient (Wildman–Crippen LogP) is 0.619. The number of methoxy groups -OCH3 is 1. The number of non-ortho nitro benzene ring substituents is 1. The molecule has 112 valence electrons. The van der Waals surface area contributed by atoms with Crippen molar-refractivity contribution in [1.29, 1.82) is 0 Å². The van der Waals surface area contributed by atoms with Crippen LogP contribution in [-0.2, 0) is 10.0 Å². The van der Waals surface area contributed by atoms with E-state index < -0.39 is 20.5 Å². The summed E-state index contributed by atoms with van der Waals surface area (Å²) >= 11 is 0. The van der Waals surface area contributed by atoms with E-state index in [2.05, 4.69) is 4.72 Å². The van der Waals surface area contributed by atoms with Crippen LogP contribution < -0.4 is 15.2 Å². The van der Waals surface area contributed by atoms with Crippen LogP contribution in [0.25, 0.3) is 0 Å². The number of sulfonamides is 1. The highest BCUT2D eigenvalue weighted by molar-refractivity contribution is 7.89. The summed E-state index contributed by atoms with van der Waals surface area (Å²) in [4.78, 5) is 9.87. The molecule has 0 bridgehead atoms. The van der Waals surface area contributed by atoms with Crippen LogP contribution in [0.2, 0.25) is 0 Å². The molecule has 0 unspecified atom stereocenters. The molecule has 0 aromatic heterocycles. The number of hydrogen-bond donors (Lipinski definition) is 2. The molecule has 0 amide bonds. The van der Waals surface area contributed by atoms with E-state index in [1.54, 1.807) is 13.8 Å². The third kappa shape index (κ3) is 3.65. The first-order chi connectivity index (χ1) is 9.13. The molecule has 0 spiro atoms. The number of nitrogens with one attached hydrogen (secondary N) is 1. The smallest absolute Gasteiger partial charge is 0.273 e. The van der Waals surface area contributed by atoms with Gasteiger partial charge in [-0.25, -0.2) is 13.1 Å². The van der Waals surface area contributed by atoms with Gasteiger partial charge < -0.3 is 10.5 Å². The number of benzene rings is 1. The minimum Gasteiger partial charge on any atom is -0.495 e. The molecule has 1 rings (SSSR count). The molecule has 0 aliphatic heterocycles. The van der Waals surface area contributed by atoms with Gasteiger partial charge in [0, 0.05) is 18.2 Å². The zero-order valence-corrected chi connectivity index (χ0v) is 12.2. The Morgan fingerprint density at radius 2 is 2.05 bits per heavy atom. The van der Waals surface area contributed by atoms with Gasteiger partial charge in [0.15, 0.2) is 0 Å². The molecule has 1 aromatic rings. The zero-order chi connectivity index (χ0) is 15.6. The summed E-state index contributed by atoms with van der Waals surface area (Å²) in [6.07, 6.45) is 0. The van der Waals surface area contributed by atoms with Gasteiger partial charge in [0.25, 0.3) is 5.69 Å². The van der Waals surface area contributed by atoms with Crippen molar-refractivity contribution in [2.75, 3.05) is 13.7 Å². The van der Waals surface area contributed by atoms with E-state index in [9.17, 15) is 18.5 Å². The van der Waals surface area contributed by atoms with Crippen LogP contribution in [0.4, 0.5) is 5.69 Å². The van der Waals surface area contributed by atoms with E-state index in [0.29, 0.717) is 0 Å². The Kier molecular flexibility index (Phi) is 4.69. The molecule has 0 saturated heterocycles. The first-order valence-corrected chi connectivity index (χ1v) is 7.18. The molecule has 0 saturated carbocycles. The number of ether oxygens (including phenoxy) is 1. The lowest BCUT2D eigenvalue weighted by atomic mass is 10.1. The SMILES string of the molecule is COc1cc([N+](=O)[O-])ccc1S(=O)(=O)NC(C)(C)CN. The van der Waals surface area contributed by atoms with E-state index >= 15 is 0 Å². The fraction of sp³-hybridized carbons (Fsp3) is 0.455. The summed E-state index contributed by atoms with van der Waals surface area (Å²) in [5.74, 6) is -0.0977. The first-order valence-electron chi connectivity index (χ1n) is 5.69. The summed E-state index contributed by atoms with van der Waals surface area (Å²) in [6.45, 7) is 3.35. The van der Waals surface area contributed by atoms with E-state index in [0.717, 1.165) is 18.2 Å². The molecular formula is C11H17N3O5S. The second-order valence-electron chi connectivity index (χ2n) is 4.79. The largest absolute Gasteiger partial charge is 0.495 e. The lowest BCUT2D eigenvalue weighted by Crippen LogP contribution is -2.48. The van der Waals surface area contributed by atoms with E-state index in [4.69, 9.17) is 10.5 Å². The third-order valence-electron chi connectivity index (χ3n) is 2.57. The van der Waals surface area contributed by atoms with E-state index in [-0.39, 0.29) is 22.9 Å². The number of nitrogens with two attached hydrogens (primary N) is 1. The van der Waals surface area contributed by atoms with Crippen LogP contribution >= 0.6 is 0 Å². The van der Waals surface area contributed by atoms with Crippen molar-refractivity contribution in [3.63, 3.8) is 0 Å². The van der Waals surface area contributed by atoms with Crippen LogP contribution in [0.5, 0.6) is 5.75 Å². The highest BCUT2D eigenvalue weighted by Gasteiger charge is 2.28. The quantitative estimate of drug-likeness (QED) is 0.586. The maximum absolute atomic E-state index is 12.3. The topological polar surface area (TPSA) is 125 Å². The van der Waals surface area contributed by atoms with Gasteiger partial charge in [-0.05, 0) is 19.9 Å². The van der Waals surface area contributed by atoms with Crippen LogP contribution in [-0.4, -0.2) is 32.5 Å². The molecule has 0 fully saturated rings. The first kappa shape index (κ1) is 16.3. The standard InChI is InChI=1S/C11H17N3O5S/c1-11(2,7-12)13-20(17,18)10-5-4-8(14(15)16)6-9(10)19-3/h4-6,13H,7,12H2,1-3H3. The van der Waals surface area contributed by atoms with Crippen molar-refractivity contribution >= 4 is 15.7 Å². The molecule has 0 radical (unpaired) electrons. The van der Waals surface area contributed by atoms with Crippen molar-refractivity contribution in [3.8, 4) is 5.75 Å². The van der Waals surface area contributed by atoms with Crippen LogP contribution in [0.1, 0.15) is 13.8 Å². The molecule has 8 nitrogen and oxygen atoms in total. The molecule has 0 aliphatic carbocycles. The predicted molar refractivity (Wildman–Crippen MR) is 73.1 cm³/mol. The molecule has 0 aliphatic rings. The maximum atomic E-state index is 12.3. The Morgan fingerprint density at radius 1 is 1.45 bits per heavy atom. The minimum atomic E-state index is -3.89. The minimum absolute atomic E-state index is 0.0977. The number of hydrogen-bond acceptors (Lipinski definition) is 6. The lowest BCUT2D eigenvalue weighted by Gasteiger charge is -2.24. The number of rotatable bonds is 6. The van der Waals surface area contributed by atoms with Crippen molar-refractivity contribution in [2.24, 2.45) is 5.73 Å². The Morgan fingerprint density at radius 3 is 2.50 bits per heavy atom. The second-order valence-corrected chi connectivity index (χ2v) is 6.44. The Bertz CT molecular complexity index is 612. The van der Waals surface area contributed by atoms with Gasteiger partial charge in [-0.2, -0.15) is 0 Å². The highest BCUT2D eigenvalue weighted by atomic mass is 32.2. The summed E-state index contributed by atoms with van der Waals surface area (Å²) in [7, 11) is -2.65. The summed E-state index contributed by atoms with van der Waals surface area (Å²) in [5.41, 5.74) is 4.39. The van der Waals surface area contributed by atoms with Crippen molar-refractivity contribution in [1.82, 2.24) is 4.72 Å². The van der Waals surface area contributed by atoms with Gasteiger partial charge in [-0.15, -0.1) is 0 Å². The highest BCUT2D eigenvalue weighted by Crippen LogP contribution is 2.28. The molecule has 1 aromatic carbocycles. The maximum Gasteiger partial charge on any atom is 0.273 e. The van der Waals surface area contributed by atoms with Crippen LogP contribution in [0, 0.1) is 10.1 Å². The zero-order valence-electron chi connectivity index (χ0n) is 11.4. The average Bonchev–Trinajstić information content (AvgIpc) is 2.36. The Labute approximate surface area is 117 Å². The van der Waals surface area contributed by atoms with Crippen molar-refractivity contribution in [2.45, 2.75) is 24.3 Å². The molecule has 3 N–H and O–H groups in total. The summed E-state index contributed by atoms with van der Waals surface area (Å²) in [5, 5.41) is 10.7. The van der Waals surface area contributed by atoms with E-state index in [1.807, 2.05) is 0 Å². The van der Waals surface area contributed by atoms with Crippen molar-refractivity contribution < 1.29 is 18.1 Å². The summed E-state index contributed by atoms with van der Waals surface area (Å²) in [6, 6.07) is 3.29. The van der Waals surface area contributed by atoms with Gasteiger partial charge in [-0.3, -0.25) is 10.1 Å². The fourth-order valence-corrected chi connectivity index (χ4v) is 3.03. The molecule has 20 heavy (non-hydrogen) atoms. The normalized spacial score (nSPS) is 12.2. The number of nitro groups is 1. The van der Waals surface area contributed by atoms with Crippen LogP contribution in [0.3, 0.4) is 0 Å². The van der Waals surface area contributed by atoms with Crippen molar-refractivity contribution in [3.05, 3.63) is 28.3 Å². The second kappa shape index (κ2) is 5.73. The Hall–Kier alpha value is -1.71. The molecule has 9 heteroatoms.